The van der Waals surface area contributed by atoms with Crippen LogP contribution in [0.25, 0.3) is 5.69 Å². The summed E-state index contributed by atoms with van der Waals surface area (Å²) in [5.74, 6) is -0.478. The van der Waals surface area contributed by atoms with E-state index in [1.54, 1.807) is 19.1 Å². The highest BCUT2D eigenvalue weighted by molar-refractivity contribution is 8.00. The van der Waals surface area contributed by atoms with Crippen molar-refractivity contribution >= 4 is 23.4 Å². The molecule has 5 nitrogen and oxygen atoms in total. The lowest BCUT2D eigenvalue weighted by Gasteiger charge is -2.14. The van der Waals surface area contributed by atoms with Gasteiger partial charge in [-0.2, -0.15) is 23.0 Å². The summed E-state index contributed by atoms with van der Waals surface area (Å²) in [6, 6.07) is 14.5. The lowest BCUT2D eigenvalue weighted by Crippen LogP contribution is -2.24. The van der Waals surface area contributed by atoms with Crippen LogP contribution in [0.1, 0.15) is 18.1 Å². The van der Waals surface area contributed by atoms with Gasteiger partial charge in [-0.25, -0.2) is 0 Å². The van der Waals surface area contributed by atoms with E-state index in [-0.39, 0.29) is 11.2 Å². The SMILES string of the molecule is Cc1ccc(-n2nc(SC(C)C(=O)Nc3cccc(C(F)(F)F)c3)ccc2=O)cc1. The van der Waals surface area contributed by atoms with E-state index in [2.05, 4.69) is 10.4 Å². The van der Waals surface area contributed by atoms with Gasteiger partial charge in [0.15, 0.2) is 0 Å². The highest BCUT2D eigenvalue weighted by atomic mass is 32.2. The smallest absolute Gasteiger partial charge is 0.325 e. The molecule has 0 saturated carbocycles. The minimum absolute atomic E-state index is 0.0554. The van der Waals surface area contributed by atoms with Crippen LogP contribution in [-0.4, -0.2) is 20.9 Å². The first-order chi connectivity index (χ1) is 14.1. The zero-order chi connectivity index (χ0) is 21.9. The third-order valence-corrected chi connectivity index (χ3v) is 5.21. The van der Waals surface area contributed by atoms with Gasteiger partial charge in [0.2, 0.25) is 5.91 Å². The van der Waals surface area contributed by atoms with Crippen molar-refractivity contribution in [2.75, 3.05) is 5.32 Å². The fourth-order valence-electron chi connectivity index (χ4n) is 2.58. The molecule has 1 aromatic heterocycles. The first-order valence-corrected chi connectivity index (χ1v) is 9.83. The van der Waals surface area contributed by atoms with Crippen LogP contribution >= 0.6 is 11.8 Å². The van der Waals surface area contributed by atoms with Gasteiger partial charge in [0.25, 0.3) is 5.56 Å². The number of nitrogens with one attached hydrogen (secondary N) is 1. The molecule has 0 aliphatic carbocycles. The van der Waals surface area contributed by atoms with Gasteiger partial charge in [0.1, 0.15) is 5.03 Å². The number of aromatic nitrogens is 2. The summed E-state index contributed by atoms with van der Waals surface area (Å²) < 4.78 is 39.7. The number of thioether (sulfide) groups is 1. The molecule has 1 amide bonds. The molecule has 0 saturated heterocycles. The summed E-state index contributed by atoms with van der Waals surface area (Å²) in [6.45, 7) is 3.54. The van der Waals surface area contributed by atoms with Crippen molar-refractivity contribution in [2.24, 2.45) is 0 Å². The third kappa shape index (κ3) is 5.29. The lowest BCUT2D eigenvalue weighted by molar-refractivity contribution is -0.137. The Bertz CT molecular complexity index is 1110. The molecule has 1 N–H and O–H groups in total. The van der Waals surface area contributed by atoms with Crippen molar-refractivity contribution in [1.29, 1.82) is 0 Å². The average Bonchev–Trinajstić information content (AvgIpc) is 2.69. The Morgan fingerprint density at radius 2 is 1.80 bits per heavy atom. The quantitative estimate of drug-likeness (QED) is 0.594. The molecule has 1 heterocycles. The topological polar surface area (TPSA) is 64.0 Å². The maximum absolute atomic E-state index is 12.8. The second kappa shape index (κ2) is 8.74. The number of rotatable bonds is 5. The van der Waals surface area contributed by atoms with Crippen LogP contribution in [-0.2, 0) is 11.0 Å². The molecule has 30 heavy (non-hydrogen) atoms. The van der Waals surface area contributed by atoms with Gasteiger partial charge in [-0.05, 0) is 50.2 Å². The Morgan fingerprint density at radius 3 is 2.47 bits per heavy atom. The van der Waals surface area contributed by atoms with Crippen molar-refractivity contribution in [3.8, 4) is 5.69 Å². The Balaban J connectivity index is 1.73. The monoisotopic (exact) mass is 433 g/mol. The predicted octanol–water partition coefficient (Wildman–Crippen LogP) is 4.68. The van der Waals surface area contributed by atoms with Crippen LogP contribution < -0.4 is 10.9 Å². The van der Waals surface area contributed by atoms with Gasteiger partial charge < -0.3 is 5.32 Å². The van der Waals surface area contributed by atoms with Crippen LogP contribution in [0.15, 0.2) is 70.5 Å². The highest BCUT2D eigenvalue weighted by Crippen LogP contribution is 2.31. The Kier molecular flexibility index (Phi) is 6.31. The summed E-state index contributed by atoms with van der Waals surface area (Å²) in [7, 11) is 0. The maximum atomic E-state index is 12.8. The molecule has 2 aromatic carbocycles. The standard InChI is InChI=1S/C21H18F3N3O2S/c1-13-6-8-17(9-7-13)27-19(28)11-10-18(26-27)30-14(2)20(29)25-16-5-3-4-15(12-16)21(22,23)24/h3-12,14H,1-2H3,(H,25,29). The number of carbonyl (C=O) groups is 1. The number of hydrogen-bond acceptors (Lipinski definition) is 4. The number of nitrogens with zero attached hydrogens (tertiary/aromatic N) is 2. The molecule has 0 aliphatic heterocycles. The second-order valence-corrected chi connectivity index (χ2v) is 7.95. The van der Waals surface area contributed by atoms with Crippen LogP contribution in [0.2, 0.25) is 0 Å². The Morgan fingerprint density at radius 1 is 1.10 bits per heavy atom. The van der Waals surface area contributed by atoms with Gasteiger partial charge >= 0.3 is 6.18 Å². The summed E-state index contributed by atoms with van der Waals surface area (Å²) in [5, 5.41) is 6.54. The van der Waals surface area contributed by atoms with Crippen molar-refractivity contribution in [1.82, 2.24) is 9.78 Å². The minimum atomic E-state index is -4.49. The van der Waals surface area contributed by atoms with Crippen molar-refractivity contribution in [3.63, 3.8) is 0 Å². The summed E-state index contributed by atoms with van der Waals surface area (Å²) in [4.78, 5) is 24.6. The van der Waals surface area contributed by atoms with Gasteiger partial charge in [-0.15, -0.1) is 0 Å². The first kappa shape index (κ1) is 21.6. The number of carbonyl (C=O) groups excluding carboxylic acids is 1. The van der Waals surface area contributed by atoms with Gasteiger partial charge in [-0.3, -0.25) is 9.59 Å². The number of halogens is 3. The van der Waals surface area contributed by atoms with Crippen LogP contribution in [0, 0.1) is 6.92 Å². The van der Waals surface area contributed by atoms with E-state index in [0.717, 1.165) is 29.5 Å². The number of aryl methyl sites for hydroxylation is 1. The van der Waals surface area contributed by atoms with Crippen molar-refractivity contribution in [3.05, 3.63) is 82.1 Å². The zero-order valence-corrected chi connectivity index (χ0v) is 16.9. The summed E-state index contributed by atoms with van der Waals surface area (Å²) >= 11 is 1.10. The van der Waals surface area contributed by atoms with Gasteiger partial charge in [0.05, 0.1) is 16.5 Å². The van der Waals surface area contributed by atoms with Crippen LogP contribution in [0.5, 0.6) is 0 Å². The molecule has 0 radical (unpaired) electrons. The van der Waals surface area contributed by atoms with Gasteiger partial charge in [-0.1, -0.05) is 35.5 Å². The minimum Gasteiger partial charge on any atom is -0.325 e. The molecule has 1 unspecified atom stereocenters. The Labute approximate surface area is 174 Å². The summed E-state index contributed by atoms with van der Waals surface area (Å²) in [5.41, 5.74) is 0.530. The lowest BCUT2D eigenvalue weighted by atomic mass is 10.2. The number of benzene rings is 2. The van der Waals surface area contributed by atoms with Crippen LogP contribution in [0.3, 0.4) is 0 Å². The number of hydrogen-bond donors (Lipinski definition) is 1. The molecule has 3 rings (SSSR count). The Hall–Kier alpha value is -3.07. The summed E-state index contributed by atoms with van der Waals surface area (Å²) in [6.07, 6.45) is -4.49. The molecular formula is C21H18F3N3O2S. The van der Waals surface area contributed by atoms with E-state index in [1.807, 2.05) is 19.1 Å². The van der Waals surface area contributed by atoms with Gasteiger partial charge in [0, 0.05) is 11.8 Å². The van der Waals surface area contributed by atoms with E-state index in [0.29, 0.717) is 10.7 Å². The van der Waals surface area contributed by atoms with E-state index >= 15 is 0 Å². The fraction of sp³-hybridized carbons (Fsp3) is 0.190. The van der Waals surface area contributed by atoms with Crippen molar-refractivity contribution < 1.29 is 18.0 Å². The maximum Gasteiger partial charge on any atom is 0.416 e. The molecule has 0 fully saturated rings. The van der Waals surface area contributed by atoms with E-state index in [4.69, 9.17) is 0 Å². The third-order valence-electron chi connectivity index (χ3n) is 4.18. The number of amides is 1. The zero-order valence-electron chi connectivity index (χ0n) is 16.1. The molecule has 1 atom stereocenters. The molecule has 9 heteroatoms. The van der Waals surface area contributed by atoms with E-state index < -0.39 is 22.9 Å². The van der Waals surface area contributed by atoms with Crippen molar-refractivity contribution in [2.45, 2.75) is 30.3 Å². The highest BCUT2D eigenvalue weighted by Gasteiger charge is 2.30. The number of anilines is 1. The number of alkyl halides is 3. The molecule has 0 bridgehead atoms. The predicted molar refractivity (Wildman–Crippen MR) is 110 cm³/mol. The van der Waals surface area contributed by atoms with Crippen LogP contribution in [0.4, 0.5) is 18.9 Å². The van der Waals surface area contributed by atoms with E-state index in [9.17, 15) is 22.8 Å². The van der Waals surface area contributed by atoms with E-state index in [1.165, 1.54) is 28.9 Å². The molecule has 3 aromatic rings. The fourth-order valence-corrected chi connectivity index (χ4v) is 3.38. The molecule has 156 valence electrons. The normalized spacial score (nSPS) is 12.4. The second-order valence-electron chi connectivity index (χ2n) is 6.59. The average molecular weight is 433 g/mol. The molecular weight excluding hydrogens is 415 g/mol. The first-order valence-electron chi connectivity index (χ1n) is 8.96. The molecule has 0 spiro atoms. The largest absolute Gasteiger partial charge is 0.416 e. The molecule has 0 aliphatic rings.